The number of nitrogens with one attached hydrogen (secondary N) is 1. The number of piperidine rings is 1. The second-order valence-corrected chi connectivity index (χ2v) is 7.96. The van der Waals surface area contributed by atoms with Crippen molar-refractivity contribution >= 4 is 16.1 Å². The minimum absolute atomic E-state index is 0.00144. The molecule has 0 saturated carbocycles. The van der Waals surface area contributed by atoms with Crippen LogP contribution in [0.2, 0.25) is 0 Å². The average molecular weight is 397 g/mol. The van der Waals surface area contributed by atoms with Crippen LogP contribution in [-0.4, -0.2) is 47.7 Å². The Balaban J connectivity index is 2.16. The van der Waals surface area contributed by atoms with E-state index in [1.165, 1.54) is 25.6 Å². The third-order valence-corrected chi connectivity index (χ3v) is 5.74. The number of carbonyl (C=O) groups excluding carboxylic acids is 1. The van der Waals surface area contributed by atoms with Gasteiger partial charge in [0.1, 0.15) is 0 Å². The average Bonchev–Trinajstić information content (AvgIpc) is 2.76. The van der Waals surface area contributed by atoms with E-state index < -0.39 is 34.3 Å². The number of alkyl halides is 3. The molecule has 1 amide bonds. The standard InChI is InChI=1S/C14H22F3N5O3S/c1-8-11(9(2)21(3)20-8)12(14(15,16)17)19-13(23)10-4-6-22(7-5-10)26(18,24)25/h10,12H,4-7H2,1-3H3,(H,19,23)(H2,18,24,25). The lowest BCUT2D eigenvalue weighted by molar-refractivity contribution is -0.165. The number of halogens is 3. The van der Waals surface area contributed by atoms with Crippen molar-refractivity contribution in [2.24, 2.45) is 18.1 Å². The Kier molecular flexibility index (Phi) is 5.69. The monoisotopic (exact) mass is 397 g/mol. The number of rotatable bonds is 4. The van der Waals surface area contributed by atoms with Crippen LogP contribution in [-0.2, 0) is 22.1 Å². The van der Waals surface area contributed by atoms with Crippen LogP contribution >= 0.6 is 0 Å². The molecule has 1 fully saturated rings. The van der Waals surface area contributed by atoms with Gasteiger partial charge in [-0.05, 0) is 26.7 Å². The summed E-state index contributed by atoms with van der Waals surface area (Å²) in [5.41, 5.74) is 0.432. The summed E-state index contributed by atoms with van der Waals surface area (Å²) in [7, 11) is -2.33. The summed E-state index contributed by atoms with van der Waals surface area (Å²) in [6, 6.07) is -2.17. The lowest BCUT2D eigenvalue weighted by Crippen LogP contribution is -2.47. The lowest BCUT2D eigenvalue weighted by atomic mass is 9.95. The van der Waals surface area contributed by atoms with Crippen molar-refractivity contribution in [1.29, 1.82) is 0 Å². The highest BCUT2D eigenvalue weighted by atomic mass is 32.2. The molecule has 1 atom stereocenters. The second kappa shape index (κ2) is 7.16. The van der Waals surface area contributed by atoms with Crippen molar-refractivity contribution < 1.29 is 26.4 Å². The quantitative estimate of drug-likeness (QED) is 0.778. The Morgan fingerprint density at radius 1 is 1.31 bits per heavy atom. The smallest absolute Gasteiger partial charge is 0.340 e. The van der Waals surface area contributed by atoms with E-state index in [4.69, 9.17) is 5.14 Å². The van der Waals surface area contributed by atoms with Crippen molar-refractivity contribution in [3.63, 3.8) is 0 Å². The molecular weight excluding hydrogens is 375 g/mol. The Bertz CT molecular complexity index is 782. The van der Waals surface area contributed by atoms with Crippen LogP contribution in [0.3, 0.4) is 0 Å². The van der Waals surface area contributed by atoms with E-state index in [2.05, 4.69) is 10.4 Å². The maximum absolute atomic E-state index is 13.6. The molecule has 2 heterocycles. The molecule has 1 aliphatic heterocycles. The Morgan fingerprint density at radius 3 is 2.23 bits per heavy atom. The van der Waals surface area contributed by atoms with Gasteiger partial charge in [0.15, 0.2) is 6.04 Å². The fraction of sp³-hybridized carbons (Fsp3) is 0.714. The molecule has 1 aromatic heterocycles. The zero-order valence-corrected chi connectivity index (χ0v) is 15.5. The third-order valence-electron chi connectivity index (χ3n) is 4.65. The Hall–Kier alpha value is -1.66. The Morgan fingerprint density at radius 2 is 1.85 bits per heavy atom. The van der Waals surface area contributed by atoms with Crippen LogP contribution in [0, 0.1) is 19.8 Å². The Labute approximate surface area is 149 Å². The summed E-state index contributed by atoms with van der Waals surface area (Å²) < 4.78 is 65.6. The maximum atomic E-state index is 13.6. The van der Waals surface area contributed by atoms with E-state index in [1.807, 2.05) is 0 Å². The van der Waals surface area contributed by atoms with Gasteiger partial charge in [-0.25, -0.2) is 5.14 Å². The van der Waals surface area contributed by atoms with Crippen molar-refractivity contribution in [2.75, 3.05) is 13.1 Å². The molecule has 0 aliphatic carbocycles. The third kappa shape index (κ3) is 4.35. The van der Waals surface area contributed by atoms with Crippen LogP contribution in [0.1, 0.15) is 35.8 Å². The maximum Gasteiger partial charge on any atom is 0.413 e. The predicted octanol–water partition coefficient (Wildman–Crippen LogP) is 0.672. The zero-order chi connectivity index (χ0) is 19.9. The fourth-order valence-corrected chi connectivity index (χ4v) is 3.88. The first kappa shape index (κ1) is 20.6. The van der Waals surface area contributed by atoms with Gasteiger partial charge in [-0.1, -0.05) is 0 Å². The van der Waals surface area contributed by atoms with Gasteiger partial charge >= 0.3 is 6.18 Å². The van der Waals surface area contributed by atoms with Crippen LogP contribution < -0.4 is 10.5 Å². The highest BCUT2D eigenvalue weighted by molar-refractivity contribution is 7.86. The molecule has 0 spiro atoms. The van der Waals surface area contributed by atoms with E-state index in [0.29, 0.717) is 5.69 Å². The number of hydrogen-bond acceptors (Lipinski definition) is 4. The zero-order valence-electron chi connectivity index (χ0n) is 14.7. The summed E-state index contributed by atoms with van der Waals surface area (Å²) in [5.74, 6) is -1.47. The molecule has 1 unspecified atom stereocenters. The molecule has 0 aromatic carbocycles. The van der Waals surface area contributed by atoms with Gasteiger partial charge in [0.05, 0.1) is 5.69 Å². The second-order valence-electron chi connectivity index (χ2n) is 6.41. The molecule has 0 radical (unpaired) electrons. The highest BCUT2D eigenvalue weighted by Crippen LogP contribution is 2.36. The summed E-state index contributed by atoms with van der Waals surface area (Å²) in [6.45, 7) is 2.96. The molecule has 1 saturated heterocycles. The predicted molar refractivity (Wildman–Crippen MR) is 87.0 cm³/mol. The van der Waals surface area contributed by atoms with Crippen molar-refractivity contribution in [3.05, 3.63) is 17.0 Å². The fourth-order valence-electron chi connectivity index (χ4n) is 3.16. The summed E-state index contributed by atoms with van der Waals surface area (Å²) >= 11 is 0. The summed E-state index contributed by atoms with van der Waals surface area (Å²) in [5, 5.41) is 11.1. The molecule has 1 aliphatic rings. The molecule has 12 heteroatoms. The number of aryl methyl sites for hydroxylation is 2. The van der Waals surface area contributed by atoms with Crippen molar-refractivity contribution in [2.45, 2.75) is 38.9 Å². The van der Waals surface area contributed by atoms with E-state index in [0.717, 1.165) is 4.31 Å². The van der Waals surface area contributed by atoms with Gasteiger partial charge in [-0.15, -0.1) is 0 Å². The molecule has 8 nitrogen and oxygen atoms in total. The van der Waals surface area contributed by atoms with Crippen LogP contribution in [0.25, 0.3) is 0 Å². The first-order chi connectivity index (χ1) is 11.8. The van der Waals surface area contributed by atoms with E-state index in [9.17, 15) is 26.4 Å². The molecule has 3 N–H and O–H groups in total. The first-order valence-electron chi connectivity index (χ1n) is 7.97. The number of amides is 1. The number of hydrogen-bond donors (Lipinski definition) is 2. The minimum Gasteiger partial charge on any atom is -0.340 e. The molecule has 2 rings (SSSR count). The molecule has 148 valence electrons. The minimum atomic E-state index is -4.69. The van der Waals surface area contributed by atoms with Crippen molar-refractivity contribution in [1.82, 2.24) is 19.4 Å². The molecular formula is C14H22F3N5O3S. The lowest BCUT2D eigenvalue weighted by Gasteiger charge is -2.30. The molecule has 0 bridgehead atoms. The largest absolute Gasteiger partial charge is 0.413 e. The van der Waals surface area contributed by atoms with Gasteiger partial charge in [0.25, 0.3) is 10.2 Å². The van der Waals surface area contributed by atoms with E-state index in [1.54, 1.807) is 0 Å². The van der Waals surface area contributed by atoms with Gasteiger partial charge in [-0.2, -0.15) is 31.0 Å². The van der Waals surface area contributed by atoms with Crippen molar-refractivity contribution in [3.8, 4) is 0 Å². The number of nitrogens with zero attached hydrogens (tertiary/aromatic N) is 3. The number of carbonyl (C=O) groups is 1. The van der Waals surface area contributed by atoms with Gasteiger partial charge < -0.3 is 5.32 Å². The van der Waals surface area contributed by atoms with Gasteiger partial charge in [0.2, 0.25) is 5.91 Å². The molecule has 26 heavy (non-hydrogen) atoms. The summed E-state index contributed by atoms with van der Waals surface area (Å²) in [6.07, 6.45) is -4.47. The van der Waals surface area contributed by atoms with Gasteiger partial charge in [-0.3, -0.25) is 9.48 Å². The van der Waals surface area contributed by atoms with Gasteiger partial charge in [0, 0.05) is 37.3 Å². The van der Waals surface area contributed by atoms with Crippen LogP contribution in [0.5, 0.6) is 0 Å². The highest BCUT2D eigenvalue weighted by Gasteiger charge is 2.45. The number of nitrogens with two attached hydrogens (primary N) is 1. The van der Waals surface area contributed by atoms with Crippen LogP contribution in [0.15, 0.2) is 0 Å². The normalized spacial score (nSPS) is 18.7. The van der Waals surface area contributed by atoms with E-state index in [-0.39, 0.29) is 37.2 Å². The summed E-state index contributed by atoms with van der Waals surface area (Å²) in [4.78, 5) is 12.4. The molecule has 1 aromatic rings. The SMILES string of the molecule is Cc1nn(C)c(C)c1C(NC(=O)C1CCN(S(N)(=O)=O)CC1)C(F)(F)F. The van der Waals surface area contributed by atoms with Crippen LogP contribution in [0.4, 0.5) is 13.2 Å². The topological polar surface area (TPSA) is 110 Å². The van der Waals surface area contributed by atoms with E-state index >= 15 is 0 Å². The number of aromatic nitrogens is 2. The first-order valence-corrected chi connectivity index (χ1v) is 9.47.